The lowest BCUT2D eigenvalue weighted by molar-refractivity contribution is -0.274. The highest BCUT2D eigenvalue weighted by atomic mass is 28.4. The summed E-state index contributed by atoms with van der Waals surface area (Å²) in [6.45, 7) is 20.0. The molecule has 0 saturated heterocycles. The summed E-state index contributed by atoms with van der Waals surface area (Å²) in [5.41, 5.74) is 6.47. The minimum Gasteiger partial charge on any atom is -0.410 e. The number of hydrogen-bond donors (Lipinski definition) is 1. The topological polar surface area (TPSA) is 51.6 Å². The normalized spacial score (nSPS) is 20.1. The number of rotatable bonds is 7. The Kier molecular flexibility index (Phi) is 8.64. The van der Waals surface area contributed by atoms with Gasteiger partial charge >= 0.3 is 6.36 Å². The molecule has 0 bridgehead atoms. The van der Waals surface area contributed by atoms with Crippen molar-refractivity contribution in [2.24, 2.45) is 5.41 Å². The number of nitrogens with zero attached hydrogens (tertiary/aromatic N) is 1. The van der Waals surface area contributed by atoms with Crippen molar-refractivity contribution in [2.45, 2.75) is 123 Å². The third-order valence-corrected chi connectivity index (χ3v) is 13.4. The number of aliphatic hydroxyl groups is 1. The lowest BCUT2D eigenvalue weighted by Crippen LogP contribution is -2.44. The van der Waals surface area contributed by atoms with Crippen LogP contribution in [0.5, 0.6) is 5.75 Å². The molecule has 4 nitrogen and oxygen atoms in total. The molecule has 2 atom stereocenters. The summed E-state index contributed by atoms with van der Waals surface area (Å²) in [4.78, 5) is 5.27. The highest BCUT2D eigenvalue weighted by Crippen LogP contribution is 2.52. The molecule has 0 amide bonds. The maximum Gasteiger partial charge on any atom is 0.573 e. The third-order valence-electron chi connectivity index (χ3n) is 8.94. The molecule has 0 fully saturated rings. The van der Waals surface area contributed by atoms with Gasteiger partial charge in [-0.2, -0.15) is 0 Å². The number of fused-ring (bicyclic) bond motifs is 1. The summed E-state index contributed by atoms with van der Waals surface area (Å²) in [5, 5.41) is 12.0. The third kappa shape index (κ3) is 6.91. The number of alkyl halides is 3. The highest BCUT2D eigenvalue weighted by Gasteiger charge is 2.45. The number of pyridine rings is 1. The second kappa shape index (κ2) is 11.2. The molecule has 1 aromatic heterocycles. The Bertz CT molecular complexity index is 1290. The fraction of sp³-hybridized carbons (Fsp3) is 0.606. The van der Waals surface area contributed by atoms with E-state index in [1.54, 1.807) is 0 Å². The SMILES string of the molecule is CC(C)c1nc2c(c(C3=CCCC3)c1[C@H](O)c1ccc(OC(F)(F)F)cc1)C(O[Si](C)(C)C(C)(C)C)CC(C)(C)C2. The molecule has 0 radical (unpaired) electrons. The molecule has 226 valence electrons. The second-order valence-electron chi connectivity index (χ2n) is 14.4. The zero-order chi connectivity index (χ0) is 30.5. The van der Waals surface area contributed by atoms with Crippen molar-refractivity contribution in [3.05, 3.63) is 64.0 Å². The molecule has 1 N–H and O–H groups in total. The lowest BCUT2D eigenvalue weighted by Gasteiger charge is -2.45. The van der Waals surface area contributed by atoms with Crippen molar-refractivity contribution in [1.29, 1.82) is 0 Å². The van der Waals surface area contributed by atoms with Gasteiger partial charge in [0.05, 0.1) is 6.10 Å². The molecular weight excluding hydrogens is 543 g/mol. The molecule has 2 aliphatic carbocycles. The van der Waals surface area contributed by atoms with E-state index in [4.69, 9.17) is 9.41 Å². The van der Waals surface area contributed by atoms with E-state index in [1.165, 1.54) is 29.8 Å². The maximum absolute atomic E-state index is 12.8. The molecule has 1 unspecified atom stereocenters. The molecule has 41 heavy (non-hydrogen) atoms. The maximum atomic E-state index is 12.8. The van der Waals surface area contributed by atoms with Crippen LogP contribution in [0.15, 0.2) is 30.3 Å². The van der Waals surface area contributed by atoms with Crippen LogP contribution in [0, 0.1) is 5.41 Å². The van der Waals surface area contributed by atoms with Gasteiger partial charge in [-0.3, -0.25) is 4.98 Å². The molecule has 8 heteroatoms. The number of aromatic nitrogens is 1. The van der Waals surface area contributed by atoms with E-state index in [0.717, 1.165) is 60.2 Å². The van der Waals surface area contributed by atoms with Crippen LogP contribution in [-0.4, -0.2) is 24.8 Å². The van der Waals surface area contributed by atoms with Gasteiger partial charge in [0.1, 0.15) is 11.9 Å². The van der Waals surface area contributed by atoms with Gasteiger partial charge in [0, 0.05) is 22.5 Å². The Morgan fingerprint density at radius 2 is 1.71 bits per heavy atom. The van der Waals surface area contributed by atoms with Crippen molar-refractivity contribution in [3.8, 4) is 5.75 Å². The average Bonchev–Trinajstić information content (AvgIpc) is 3.35. The lowest BCUT2D eigenvalue weighted by atomic mass is 9.71. The Hall–Kier alpha value is -2.16. The second-order valence-corrected chi connectivity index (χ2v) is 19.1. The number of aliphatic hydroxyl groups excluding tert-OH is 1. The molecule has 0 aliphatic heterocycles. The minimum absolute atomic E-state index is 0.00292. The first-order chi connectivity index (χ1) is 18.8. The van der Waals surface area contributed by atoms with Crippen LogP contribution in [0.25, 0.3) is 5.57 Å². The number of allylic oxidation sites excluding steroid dienone is 2. The Morgan fingerprint density at radius 1 is 1.07 bits per heavy atom. The van der Waals surface area contributed by atoms with Crippen molar-refractivity contribution in [3.63, 3.8) is 0 Å². The zero-order valence-corrected chi connectivity index (χ0v) is 27.0. The van der Waals surface area contributed by atoms with Gasteiger partial charge in [-0.15, -0.1) is 13.2 Å². The summed E-state index contributed by atoms with van der Waals surface area (Å²) >= 11 is 0. The molecule has 0 spiro atoms. The van der Waals surface area contributed by atoms with Crippen LogP contribution in [0.1, 0.15) is 126 Å². The molecule has 0 saturated carbocycles. The molecule has 2 aromatic rings. The van der Waals surface area contributed by atoms with Crippen LogP contribution < -0.4 is 4.74 Å². The van der Waals surface area contributed by atoms with Crippen LogP contribution in [0.4, 0.5) is 13.2 Å². The first kappa shape index (κ1) is 31.8. The van der Waals surface area contributed by atoms with Gasteiger partial charge in [0.25, 0.3) is 0 Å². The van der Waals surface area contributed by atoms with E-state index >= 15 is 0 Å². The molecule has 1 aromatic carbocycles. The molecule has 2 aliphatic rings. The number of benzene rings is 1. The average molecular weight is 590 g/mol. The zero-order valence-electron chi connectivity index (χ0n) is 26.0. The van der Waals surface area contributed by atoms with E-state index < -0.39 is 20.8 Å². The first-order valence-corrected chi connectivity index (χ1v) is 17.7. The van der Waals surface area contributed by atoms with Crippen LogP contribution in [0.3, 0.4) is 0 Å². The standard InChI is InChI=1S/C33H46F3NO3Si/c1-20(2)29-28(30(38)22-14-16-23(17-15-22)39-33(34,35)36)26(21-12-10-11-13-21)27-24(37-29)18-32(6,7)19-25(27)40-41(8,9)31(3,4)5/h12,14-17,20,25,30,38H,10-11,13,18-19H2,1-9H3/t25?,30-/m1/s1. The van der Waals surface area contributed by atoms with Crippen molar-refractivity contribution >= 4 is 13.9 Å². The van der Waals surface area contributed by atoms with E-state index in [9.17, 15) is 18.3 Å². The van der Waals surface area contributed by atoms with Gasteiger partial charge in [0.2, 0.25) is 0 Å². The summed E-state index contributed by atoms with van der Waals surface area (Å²) in [5.74, 6) is -0.284. The van der Waals surface area contributed by atoms with Gasteiger partial charge in [-0.1, -0.05) is 66.7 Å². The van der Waals surface area contributed by atoms with Crippen LogP contribution in [0.2, 0.25) is 18.1 Å². The van der Waals surface area contributed by atoms with E-state index in [1.807, 2.05) is 0 Å². The fourth-order valence-corrected chi connectivity index (χ4v) is 7.17. The molecular formula is C33H46F3NO3Si. The number of ether oxygens (including phenoxy) is 1. The van der Waals surface area contributed by atoms with Gasteiger partial charge < -0.3 is 14.3 Å². The summed E-state index contributed by atoms with van der Waals surface area (Å²) in [7, 11) is -2.17. The Balaban J connectivity index is 1.95. The monoisotopic (exact) mass is 589 g/mol. The van der Waals surface area contributed by atoms with Crippen LogP contribution in [-0.2, 0) is 10.8 Å². The summed E-state index contributed by atoms with van der Waals surface area (Å²) in [6, 6.07) is 5.53. The Morgan fingerprint density at radius 3 is 2.22 bits per heavy atom. The van der Waals surface area contributed by atoms with Crippen molar-refractivity contribution in [1.82, 2.24) is 4.98 Å². The predicted octanol–water partition coefficient (Wildman–Crippen LogP) is 9.79. The highest BCUT2D eigenvalue weighted by molar-refractivity contribution is 6.74. The smallest absolute Gasteiger partial charge is 0.410 e. The number of hydrogen-bond acceptors (Lipinski definition) is 4. The molecule has 4 rings (SSSR count). The van der Waals surface area contributed by atoms with Crippen molar-refractivity contribution < 1.29 is 27.4 Å². The first-order valence-electron chi connectivity index (χ1n) is 14.8. The Labute approximate surface area is 244 Å². The van der Waals surface area contributed by atoms with Gasteiger partial charge in [-0.05, 0) is 90.4 Å². The summed E-state index contributed by atoms with van der Waals surface area (Å²) in [6.07, 6.45) is 0.875. The van der Waals surface area contributed by atoms with E-state index in [-0.39, 0.29) is 28.2 Å². The van der Waals surface area contributed by atoms with E-state index in [2.05, 4.69) is 72.4 Å². The summed E-state index contributed by atoms with van der Waals surface area (Å²) < 4.78 is 49.6. The van der Waals surface area contributed by atoms with Gasteiger partial charge in [0.15, 0.2) is 8.32 Å². The fourth-order valence-electron chi connectivity index (χ4n) is 5.91. The minimum atomic E-state index is -4.78. The van der Waals surface area contributed by atoms with Crippen molar-refractivity contribution in [2.75, 3.05) is 0 Å². The van der Waals surface area contributed by atoms with Crippen LogP contribution >= 0.6 is 0 Å². The predicted molar refractivity (Wildman–Crippen MR) is 160 cm³/mol. The molecule has 1 heterocycles. The van der Waals surface area contributed by atoms with E-state index in [0.29, 0.717) is 5.56 Å². The number of halogens is 3. The largest absolute Gasteiger partial charge is 0.573 e. The van der Waals surface area contributed by atoms with Gasteiger partial charge in [-0.25, -0.2) is 0 Å². The quantitative estimate of drug-likeness (QED) is 0.327.